The smallest absolute Gasteiger partial charge is 0.243 e. The molecule has 0 saturated carbocycles. The fourth-order valence-electron chi connectivity index (χ4n) is 2.09. The van der Waals surface area contributed by atoms with Gasteiger partial charge in [-0.2, -0.15) is 4.31 Å². The zero-order valence-corrected chi connectivity index (χ0v) is 12.2. The molecule has 0 bridgehead atoms. The second-order valence-corrected chi connectivity index (χ2v) is 6.40. The predicted octanol–water partition coefficient (Wildman–Crippen LogP) is -0.588. The summed E-state index contributed by atoms with van der Waals surface area (Å²) >= 11 is 0. The van der Waals surface area contributed by atoms with Crippen molar-refractivity contribution >= 4 is 10.0 Å². The van der Waals surface area contributed by atoms with Crippen molar-refractivity contribution in [1.29, 1.82) is 0 Å². The quantitative estimate of drug-likeness (QED) is 0.729. The number of morpholine rings is 1. The topological polar surface area (TPSA) is 87.1 Å². The Labute approximate surface area is 124 Å². The number of nitrogens with zero attached hydrogens (tertiary/aromatic N) is 1. The Hall–Kier alpha value is -1.43. The first-order valence-electron chi connectivity index (χ1n) is 6.50. The molecule has 0 aliphatic carbocycles. The molecule has 6 nitrogen and oxygen atoms in total. The maximum absolute atomic E-state index is 12.6. The highest BCUT2D eigenvalue weighted by Crippen LogP contribution is 2.20. The number of hydrogen-bond donors (Lipinski definition) is 2. The molecule has 2 N–H and O–H groups in total. The summed E-state index contributed by atoms with van der Waals surface area (Å²) in [6.07, 6.45) is 0. The molecule has 0 radical (unpaired) electrons. The van der Waals surface area contributed by atoms with Crippen molar-refractivity contribution in [3.8, 4) is 11.8 Å². The summed E-state index contributed by atoms with van der Waals surface area (Å²) < 4.78 is 31.6. The van der Waals surface area contributed by atoms with Crippen molar-refractivity contribution in [3.05, 3.63) is 29.8 Å². The molecule has 0 amide bonds. The van der Waals surface area contributed by atoms with Gasteiger partial charge >= 0.3 is 0 Å². The molecule has 0 aromatic heterocycles. The second kappa shape index (κ2) is 7.02. The van der Waals surface area contributed by atoms with Crippen LogP contribution in [0, 0.1) is 11.8 Å². The van der Waals surface area contributed by atoms with Crippen LogP contribution in [0.2, 0.25) is 0 Å². The lowest BCUT2D eigenvalue weighted by atomic mass is 10.2. The van der Waals surface area contributed by atoms with Gasteiger partial charge in [-0.05, 0) is 24.3 Å². The van der Waals surface area contributed by atoms with Gasteiger partial charge in [-0.25, -0.2) is 8.42 Å². The van der Waals surface area contributed by atoms with Crippen molar-refractivity contribution < 1.29 is 23.4 Å². The number of benzene rings is 1. The SMILES string of the molecule is O=S(=O)(c1ccc(C#CCO)cc1)N1CCOCC1CO. The largest absolute Gasteiger partial charge is 0.395 e. The third-order valence-corrected chi connectivity index (χ3v) is 5.12. The van der Waals surface area contributed by atoms with E-state index < -0.39 is 16.1 Å². The van der Waals surface area contributed by atoms with Crippen molar-refractivity contribution in [2.45, 2.75) is 10.9 Å². The molecular formula is C14H17NO5S. The lowest BCUT2D eigenvalue weighted by Gasteiger charge is -2.33. The van der Waals surface area contributed by atoms with Crippen LogP contribution in [-0.4, -0.2) is 62.0 Å². The van der Waals surface area contributed by atoms with Crippen LogP contribution >= 0.6 is 0 Å². The van der Waals surface area contributed by atoms with Gasteiger partial charge in [-0.3, -0.25) is 0 Å². The van der Waals surface area contributed by atoms with Gasteiger partial charge in [0.1, 0.15) is 6.61 Å². The van der Waals surface area contributed by atoms with Crippen LogP contribution in [0.15, 0.2) is 29.2 Å². The minimum Gasteiger partial charge on any atom is -0.395 e. The lowest BCUT2D eigenvalue weighted by molar-refractivity contribution is 0.0109. The highest BCUT2D eigenvalue weighted by atomic mass is 32.2. The number of sulfonamides is 1. The van der Waals surface area contributed by atoms with E-state index in [0.717, 1.165) is 0 Å². The minimum atomic E-state index is -3.66. The molecule has 1 aromatic carbocycles. The van der Waals surface area contributed by atoms with E-state index >= 15 is 0 Å². The zero-order valence-electron chi connectivity index (χ0n) is 11.4. The summed E-state index contributed by atoms with van der Waals surface area (Å²) in [4.78, 5) is 0.150. The molecule has 1 fully saturated rings. The predicted molar refractivity (Wildman–Crippen MR) is 76.0 cm³/mol. The van der Waals surface area contributed by atoms with E-state index in [2.05, 4.69) is 11.8 Å². The number of aliphatic hydroxyl groups excluding tert-OH is 2. The number of hydrogen-bond acceptors (Lipinski definition) is 5. The summed E-state index contributed by atoms with van der Waals surface area (Å²) in [5.41, 5.74) is 0.628. The van der Waals surface area contributed by atoms with E-state index in [4.69, 9.17) is 9.84 Å². The average molecular weight is 311 g/mol. The minimum absolute atomic E-state index is 0.150. The Kier molecular flexibility index (Phi) is 5.33. The van der Waals surface area contributed by atoms with E-state index in [-0.39, 0.29) is 31.3 Å². The summed E-state index contributed by atoms with van der Waals surface area (Å²) in [5.74, 6) is 5.20. The Balaban J connectivity index is 2.26. The van der Waals surface area contributed by atoms with Crippen molar-refractivity contribution in [1.82, 2.24) is 4.31 Å². The Morgan fingerprint density at radius 2 is 2.00 bits per heavy atom. The molecule has 21 heavy (non-hydrogen) atoms. The number of rotatable bonds is 3. The molecule has 1 aliphatic heterocycles. The summed E-state index contributed by atoms with van der Waals surface area (Å²) in [7, 11) is -3.66. The van der Waals surface area contributed by atoms with Crippen molar-refractivity contribution in [3.63, 3.8) is 0 Å². The molecule has 1 heterocycles. The van der Waals surface area contributed by atoms with Crippen LogP contribution < -0.4 is 0 Å². The Morgan fingerprint density at radius 1 is 1.29 bits per heavy atom. The highest BCUT2D eigenvalue weighted by Gasteiger charge is 2.33. The molecule has 0 spiro atoms. The maximum Gasteiger partial charge on any atom is 0.243 e. The molecule has 114 valence electrons. The fraction of sp³-hybridized carbons (Fsp3) is 0.429. The molecule has 7 heteroatoms. The van der Waals surface area contributed by atoms with Gasteiger partial charge in [0, 0.05) is 12.1 Å². The van der Waals surface area contributed by atoms with E-state index in [1.165, 1.54) is 16.4 Å². The first-order valence-corrected chi connectivity index (χ1v) is 7.94. The molecular weight excluding hydrogens is 294 g/mol. The molecule has 1 aliphatic rings. The summed E-state index contributed by atoms with van der Waals surface area (Å²) in [6, 6.07) is 5.56. The van der Waals surface area contributed by atoms with E-state index in [1.807, 2.05) is 0 Å². The maximum atomic E-state index is 12.6. The van der Waals surface area contributed by atoms with E-state index in [0.29, 0.717) is 12.2 Å². The average Bonchev–Trinajstić information content (AvgIpc) is 2.53. The standard InChI is InChI=1S/C14H17NO5S/c16-8-1-2-12-3-5-14(6-4-12)21(18,19)15-7-9-20-11-13(15)10-17/h3-6,13,16-17H,7-11H2. The van der Waals surface area contributed by atoms with Crippen molar-refractivity contribution in [2.24, 2.45) is 0 Å². The second-order valence-electron chi connectivity index (χ2n) is 4.51. The van der Waals surface area contributed by atoms with Gasteiger partial charge in [-0.15, -0.1) is 0 Å². The first-order chi connectivity index (χ1) is 10.1. The van der Waals surface area contributed by atoms with Gasteiger partial charge < -0.3 is 14.9 Å². The summed E-state index contributed by atoms with van der Waals surface area (Å²) in [6.45, 7) is 0.205. The van der Waals surface area contributed by atoms with Gasteiger partial charge in [0.25, 0.3) is 0 Å². The monoisotopic (exact) mass is 311 g/mol. The third kappa shape index (κ3) is 3.61. The molecule has 1 unspecified atom stereocenters. The van der Waals surface area contributed by atoms with E-state index in [9.17, 15) is 13.5 Å². The molecule has 1 atom stereocenters. The zero-order chi connectivity index (χ0) is 15.3. The Morgan fingerprint density at radius 3 is 2.62 bits per heavy atom. The van der Waals surface area contributed by atoms with Gasteiger partial charge in [0.05, 0.1) is 30.8 Å². The number of aliphatic hydroxyl groups is 2. The molecule has 1 aromatic rings. The third-order valence-electron chi connectivity index (χ3n) is 3.16. The van der Waals surface area contributed by atoms with Crippen molar-refractivity contribution in [2.75, 3.05) is 33.0 Å². The Bertz CT molecular complexity index is 630. The van der Waals surface area contributed by atoms with Gasteiger partial charge in [0.15, 0.2) is 0 Å². The normalized spacial score (nSPS) is 19.8. The van der Waals surface area contributed by atoms with Crippen LogP contribution in [0.1, 0.15) is 5.56 Å². The van der Waals surface area contributed by atoms with Crippen LogP contribution in [0.4, 0.5) is 0 Å². The highest BCUT2D eigenvalue weighted by molar-refractivity contribution is 7.89. The first kappa shape index (κ1) is 15.9. The van der Waals surface area contributed by atoms with Gasteiger partial charge in [0.2, 0.25) is 10.0 Å². The van der Waals surface area contributed by atoms with E-state index in [1.54, 1.807) is 12.1 Å². The molecule has 2 rings (SSSR count). The van der Waals surface area contributed by atoms with Gasteiger partial charge in [-0.1, -0.05) is 11.8 Å². The van der Waals surface area contributed by atoms with Crippen LogP contribution in [-0.2, 0) is 14.8 Å². The fourth-order valence-corrected chi connectivity index (χ4v) is 3.67. The lowest BCUT2D eigenvalue weighted by Crippen LogP contribution is -2.50. The summed E-state index contributed by atoms with van der Waals surface area (Å²) in [5, 5.41) is 17.9. The van der Waals surface area contributed by atoms with Crippen LogP contribution in [0.5, 0.6) is 0 Å². The molecule has 1 saturated heterocycles. The van der Waals surface area contributed by atoms with Crippen LogP contribution in [0.25, 0.3) is 0 Å². The number of ether oxygens (including phenoxy) is 1. The van der Waals surface area contributed by atoms with Crippen LogP contribution in [0.3, 0.4) is 0 Å².